The van der Waals surface area contributed by atoms with E-state index in [0.29, 0.717) is 11.3 Å². The van der Waals surface area contributed by atoms with E-state index in [2.05, 4.69) is 5.32 Å². The summed E-state index contributed by atoms with van der Waals surface area (Å²) in [6.45, 7) is 4.65. The maximum absolute atomic E-state index is 12.0. The molecule has 1 N–H and O–H groups in total. The highest BCUT2D eigenvalue weighted by Crippen LogP contribution is 2.27. The average Bonchev–Trinajstić information content (AvgIpc) is 2.29. The quantitative estimate of drug-likeness (QED) is 0.852. The Hall–Kier alpha value is -1.89. The summed E-state index contributed by atoms with van der Waals surface area (Å²) in [6.07, 6.45) is 1.02. The first-order chi connectivity index (χ1) is 9.18. The summed E-state index contributed by atoms with van der Waals surface area (Å²) >= 11 is 0. The maximum atomic E-state index is 12.0. The molecule has 0 spiro atoms. The monoisotopic (exact) mass is 299 g/mol. The van der Waals surface area contributed by atoms with Crippen LogP contribution in [-0.2, 0) is 19.4 Å². The number of benzene rings is 1. The first-order valence-corrected chi connectivity index (χ1v) is 7.86. The number of anilines is 1. The highest BCUT2D eigenvalue weighted by molar-refractivity contribution is 7.90. The van der Waals surface area contributed by atoms with E-state index >= 15 is 0 Å². The van der Waals surface area contributed by atoms with Crippen molar-refractivity contribution in [3.8, 4) is 0 Å². The van der Waals surface area contributed by atoms with Crippen LogP contribution in [0.1, 0.15) is 29.8 Å². The summed E-state index contributed by atoms with van der Waals surface area (Å²) < 4.78 is 28.4. The topological polar surface area (TPSA) is 89.5 Å². The predicted molar refractivity (Wildman–Crippen MR) is 74.5 cm³/mol. The molecule has 1 aromatic rings. The zero-order chi connectivity index (χ0) is 15.5. The number of hydrogen-bond acceptors (Lipinski definition) is 5. The molecule has 0 saturated carbocycles. The van der Waals surface area contributed by atoms with Gasteiger partial charge in [-0.3, -0.25) is 4.79 Å². The van der Waals surface area contributed by atoms with Crippen molar-refractivity contribution in [2.24, 2.45) is 0 Å². The van der Waals surface area contributed by atoms with Crippen molar-refractivity contribution in [2.75, 3.05) is 18.2 Å². The lowest BCUT2D eigenvalue weighted by Crippen LogP contribution is -2.16. The fourth-order valence-electron chi connectivity index (χ4n) is 1.78. The Morgan fingerprint density at radius 1 is 1.30 bits per heavy atom. The third kappa shape index (κ3) is 3.57. The minimum absolute atomic E-state index is 0.0411. The van der Waals surface area contributed by atoms with Gasteiger partial charge in [-0.1, -0.05) is 0 Å². The lowest BCUT2D eigenvalue weighted by Gasteiger charge is -2.14. The Morgan fingerprint density at radius 2 is 1.90 bits per heavy atom. The number of hydrogen-bond donors (Lipinski definition) is 1. The van der Waals surface area contributed by atoms with Gasteiger partial charge in [-0.2, -0.15) is 0 Å². The smallest absolute Gasteiger partial charge is 0.339 e. The minimum Gasteiger partial charge on any atom is -0.462 e. The van der Waals surface area contributed by atoms with Crippen LogP contribution in [-0.4, -0.2) is 33.2 Å². The summed E-state index contributed by atoms with van der Waals surface area (Å²) in [5.41, 5.74) is 0.704. The number of carbonyl (C=O) groups excluding carboxylic acids is 2. The summed E-state index contributed by atoms with van der Waals surface area (Å²) in [7, 11) is -3.58. The van der Waals surface area contributed by atoms with E-state index in [1.165, 1.54) is 19.1 Å². The van der Waals surface area contributed by atoms with Gasteiger partial charge in [-0.25, -0.2) is 13.2 Å². The molecule has 1 aromatic carbocycles. The van der Waals surface area contributed by atoms with E-state index in [9.17, 15) is 18.0 Å². The minimum atomic E-state index is -3.58. The summed E-state index contributed by atoms with van der Waals surface area (Å²) in [4.78, 5) is 23.0. The Balaban J connectivity index is 3.54. The van der Waals surface area contributed by atoms with E-state index < -0.39 is 15.8 Å². The van der Waals surface area contributed by atoms with Crippen LogP contribution in [0.25, 0.3) is 0 Å². The number of esters is 1. The van der Waals surface area contributed by atoms with Crippen molar-refractivity contribution >= 4 is 27.4 Å². The molecule has 0 unspecified atom stereocenters. The van der Waals surface area contributed by atoms with Gasteiger partial charge in [0.15, 0.2) is 9.84 Å². The van der Waals surface area contributed by atoms with Crippen LogP contribution in [0, 0.1) is 6.92 Å². The van der Waals surface area contributed by atoms with Crippen LogP contribution in [0.5, 0.6) is 0 Å². The highest BCUT2D eigenvalue weighted by atomic mass is 32.2. The Morgan fingerprint density at radius 3 is 2.35 bits per heavy atom. The van der Waals surface area contributed by atoms with Crippen molar-refractivity contribution in [1.29, 1.82) is 0 Å². The molecule has 0 aliphatic carbocycles. The molecule has 110 valence electrons. The molecule has 20 heavy (non-hydrogen) atoms. The van der Waals surface area contributed by atoms with E-state index in [1.54, 1.807) is 13.8 Å². The second kappa shape index (κ2) is 6.04. The highest BCUT2D eigenvalue weighted by Gasteiger charge is 2.24. The Kier molecular flexibility index (Phi) is 4.88. The van der Waals surface area contributed by atoms with Gasteiger partial charge in [0.1, 0.15) is 0 Å². The molecule has 0 aliphatic rings. The molecule has 7 heteroatoms. The summed E-state index contributed by atoms with van der Waals surface area (Å²) in [5.74, 6) is -1.03. The van der Waals surface area contributed by atoms with Crippen molar-refractivity contribution in [3.05, 3.63) is 23.3 Å². The van der Waals surface area contributed by atoms with Crippen LogP contribution >= 0.6 is 0 Å². The lowest BCUT2D eigenvalue weighted by atomic mass is 10.1. The number of rotatable bonds is 4. The largest absolute Gasteiger partial charge is 0.462 e. The Bertz CT molecular complexity index is 649. The second-order valence-corrected chi connectivity index (χ2v) is 6.27. The van der Waals surface area contributed by atoms with Crippen LogP contribution < -0.4 is 5.32 Å². The first-order valence-electron chi connectivity index (χ1n) is 5.96. The summed E-state index contributed by atoms with van der Waals surface area (Å²) in [6, 6.07) is 2.75. The molecule has 0 aromatic heterocycles. The molecule has 1 rings (SSSR count). The molecule has 0 atom stereocenters. The lowest BCUT2D eigenvalue weighted by molar-refractivity contribution is -0.114. The van der Waals surface area contributed by atoms with Crippen LogP contribution in [0.3, 0.4) is 0 Å². The average molecular weight is 299 g/mol. The van der Waals surface area contributed by atoms with Gasteiger partial charge in [0.25, 0.3) is 0 Å². The number of ether oxygens (including phenoxy) is 1. The molecule has 0 aliphatic heterocycles. The van der Waals surface area contributed by atoms with Gasteiger partial charge in [0, 0.05) is 18.9 Å². The van der Waals surface area contributed by atoms with Gasteiger partial charge < -0.3 is 10.1 Å². The normalized spacial score (nSPS) is 11.0. The fraction of sp³-hybridized carbons (Fsp3) is 0.385. The van der Waals surface area contributed by atoms with Crippen molar-refractivity contribution in [3.63, 3.8) is 0 Å². The maximum Gasteiger partial charge on any atom is 0.339 e. The van der Waals surface area contributed by atoms with E-state index in [0.717, 1.165) is 6.26 Å². The van der Waals surface area contributed by atoms with E-state index in [4.69, 9.17) is 4.74 Å². The summed E-state index contributed by atoms with van der Waals surface area (Å²) in [5, 5.41) is 2.55. The number of amides is 1. The molecule has 0 radical (unpaired) electrons. The molecular formula is C13H17NO5S. The molecule has 0 fully saturated rings. The number of carbonyl (C=O) groups is 2. The van der Waals surface area contributed by atoms with Crippen LogP contribution in [0.15, 0.2) is 17.0 Å². The van der Waals surface area contributed by atoms with Gasteiger partial charge in [-0.05, 0) is 31.5 Å². The van der Waals surface area contributed by atoms with Crippen molar-refractivity contribution < 1.29 is 22.7 Å². The molecular weight excluding hydrogens is 282 g/mol. The van der Waals surface area contributed by atoms with Gasteiger partial charge in [-0.15, -0.1) is 0 Å². The SMILES string of the molecule is CCOC(=O)c1c(S(C)(=O)=O)ccc(NC(C)=O)c1C. The number of nitrogens with one attached hydrogen (secondary N) is 1. The molecule has 0 bridgehead atoms. The standard InChI is InChI=1S/C13H17NO5S/c1-5-19-13(16)12-8(2)10(14-9(3)15)6-7-11(12)20(4,17)18/h6-7H,5H2,1-4H3,(H,14,15). The second-order valence-electron chi connectivity index (χ2n) is 4.29. The van der Waals surface area contributed by atoms with E-state index in [-0.39, 0.29) is 23.0 Å². The predicted octanol–water partition coefficient (Wildman–Crippen LogP) is 1.53. The van der Waals surface area contributed by atoms with Gasteiger partial charge >= 0.3 is 5.97 Å². The molecule has 1 amide bonds. The fourth-order valence-corrected chi connectivity index (χ4v) is 2.70. The van der Waals surface area contributed by atoms with Gasteiger partial charge in [0.05, 0.1) is 17.1 Å². The van der Waals surface area contributed by atoms with Gasteiger partial charge in [0.2, 0.25) is 5.91 Å². The third-order valence-electron chi connectivity index (χ3n) is 2.62. The van der Waals surface area contributed by atoms with Crippen LogP contribution in [0.2, 0.25) is 0 Å². The number of sulfone groups is 1. The van der Waals surface area contributed by atoms with Crippen molar-refractivity contribution in [2.45, 2.75) is 25.7 Å². The zero-order valence-electron chi connectivity index (χ0n) is 11.8. The molecule has 6 nitrogen and oxygen atoms in total. The zero-order valence-corrected chi connectivity index (χ0v) is 12.6. The first kappa shape index (κ1) is 16.2. The van der Waals surface area contributed by atoms with E-state index in [1.807, 2.05) is 0 Å². The molecule has 0 saturated heterocycles. The molecule has 0 heterocycles. The Labute approximate surface area is 118 Å². The third-order valence-corrected chi connectivity index (χ3v) is 3.76. The van der Waals surface area contributed by atoms with Crippen LogP contribution in [0.4, 0.5) is 5.69 Å². The van der Waals surface area contributed by atoms with Crippen molar-refractivity contribution in [1.82, 2.24) is 0 Å².